The molecule has 7 nitrogen and oxygen atoms in total. The standard InChI is InChI=1S/C17H23ClN4O3/c1-4-15(23)22-10-16(24)21(9-14(22)20(3)17(19)25)8-12-5-6-13(18)11(2)7-12/h5-7,14H,4,8-10H2,1-3H3,(H2,19,25). The lowest BCUT2D eigenvalue weighted by Crippen LogP contribution is -2.64. The van der Waals surface area contributed by atoms with Gasteiger partial charge in [0.25, 0.3) is 0 Å². The van der Waals surface area contributed by atoms with Gasteiger partial charge in [-0.1, -0.05) is 30.7 Å². The SMILES string of the molecule is CCC(=O)N1CC(=O)N(Cc2ccc(Cl)c(C)c2)CC1N(C)C(N)=O. The van der Waals surface area contributed by atoms with Crippen LogP contribution in [0.5, 0.6) is 0 Å². The van der Waals surface area contributed by atoms with Gasteiger partial charge in [0.05, 0.1) is 6.54 Å². The van der Waals surface area contributed by atoms with Crippen molar-refractivity contribution >= 4 is 29.4 Å². The maximum atomic E-state index is 12.5. The van der Waals surface area contributed by atoms with Crippen LogP contribution in [0.2, 0.25) is 5.02 Å². The molecule has 0 radical (unpaired) electrons. The molecule has 1 aliphatic heterocycles. The molecular weight excluding hydrogens is 344 g/mol. The van der Waals surface area contributed by atoms with Gasteiger partial charge >= 0.3 is 6.03 Å². The quantitative estimate of drug-likeness (QED) is 0.877. The Hall–Kier alpha value is -2.28. The largest absolute Gasteiger partial charge is 0.351 e. The molecule has 25 heavy (non-hydrogen) atoms. The lowest BCUT2D eigenvalue weighted by Gasteiger charge is -2.44. The van der Waals surface area contributed by atoms with Crippen LogP contribution < -0.4 is 5.73 Å². The lowest BCUT2D eigenvalue weighted by molar-refractivity contribution is -0.153. The minimum atomic E-state index is -0.643. The van der Waals surface area contributed by atoms with E-state index in [1.165, 1.54) is 16.8 Å². The maximum Gasteiger partial charge on any atom is 0.316 e. The number of hydrogen-bond donors (Lipinski definition) is 1. The number of benzene rings is 1. The number of nitrogens with two attached hydrogens (primary N) is 1. The Labute approximate surface area is 152 Å². The highest BCUT2D eigenvalue weighted by Gasteiger charge is 2.37. The van der Waals surface area contributed by atoms with Crippen molar-refractivity contribution in [2.75, 3.05) is 20.1 Å². The van der Waals surface area contributed by atoms with Crippen LogP contribution >= 0.6 is 11.6 Å². The highest BCUT2D eigenvalue weighted by molar-refractivity contribution is 6.31. The van der Waals surface area contributed by atoms with E-state index in [0.717, 1.165) is 11.1 Å². The van der Waals surface area contributed by atoms with Gasteiger partial charge in [-0.25, -0.2) is 4.79 Å². The van der Waals surface area contributed by atoms with Crippen LogP contribution in [-0.4, -0.2) is 58.8 Å². The molecule has 1 aromatic rings. The molecule has 1 atom stereocenters. The molecule has 1 fully saturated rings. The van der Waals surface area contributed by atoms with Gasteiger partial charge in [0, 0.05) is 25.0 Å². The topological polar surface area (TPSA) is 87.0 Å². The number of amides is 4. The highest BCUT2D eigenvalue weighted by atomic mass is 35.5. The Morgan fingerprint density at radius 2 is 2.08 bits per heavy atom. The number of urea groups is 1. The molecule has 0 bridgehead atoms. The number of halogens is 1. The van der Waals surface area contributed by atoms with E-state index in [9.17, 15) is 14.4 Å². The van der Waals surface area contributed by atoms with E-state index in [2.05, 4.69) is 0 Å². The molecule has 1 heterocycles. The molecule has 1 unspecified atom stereocenters. The van der Waals surface area contributed by atoms with E-state index in [4.69, 9.17) is 17.3 Å². The van der Waals surface area contributed by atoms with Crippen LogP contribution in [0.4, 0.5) is 4.79 Å². The number of carbonyl (C=O) groups is 3. The third-order valence-corrected chi connectivity index (χ3v) is 4.84. The van der Waals surface area contributed by atoms with E-state index >= 15 is 0 Å². The molecule has 8 heteroatoms. The summed E-state index contributed by atoms with van der Waals surface area (Å²) in [5.41, 5.74) is 7.23. The van der Waals surface area contributed by atoms with Crippen LogP contribution in [-0.2, 0) is 16.1 Å². The van der Waals surface area contributed by atoms with Crippen molar-refractivity contribution in [3.05, 3.63) is 34.3 Å². The average molecular weight is 367 g/mol. The van der Waals surface area contributed by atoms with E-state index in [-0.39, 0.29) is 31.3 Å². The molecule has 1 saturated heterocycles. The fourth-order valence-electron chi connectivity index (χ4n) is 2.86. The Morgan fingerprint density at radius 1 is 1.40 bits per heavy atom. The molecule has 4 amide bonds. The third kappa shape index (κ3) is 4.22. The van der Waals surface area contributed by atoms with E-state index in [1.807, 2.05) is 19.1 Å². The average Bonchev–Trinajstić information content (AvgIpc) is 2.58. The first kappa shape index (κ1) is 19.1. The Bertz CT molecular complexity index is 694. The molecule has 1 aliphatic rings. The number of carbonyl (C=O) groups excluding carboxylic acids is 3. The van der Waals surface area contributed by atoms with Gasteiger partial charge in [-0.2, -0.15) is 0 Å². The predicted octanol–water partition coefficient (Wildman–Crippen LogP) is 1.57. The van der Waals surface area contributed by atoms with Crippen LogP contribution in [0, 0.1) is 6.92 Å². The van der Waals surface area contributed by atoms with Gasteiger partial charge < -0.3 is 20.4 Å². The van der Waals surface area contributed by atoms with Crippen molar-refractivity contribution in [3.8, 4) is 0 Å². The minimum Gasteiger partial charge on any atom is -0.351 e. The highest BCUT2D eigenvalue weighted by Crippen LogP contribution is 2.20. The van der Waals surface area contributed by atoms with Crippen LogP contribution in [0.3, 0.4) is 0 Å². The molecule has 136 valence electrons. The molecule has 0 aliphatic carbocycles. The normalized spacial score (nSPS) is 17.6. The summed E-state index contributed by atoms with van der Waals surface area (Å²) < 4.78 is 0. The second-order valence-electron chi connectivity index (χ2n) is 6.16. The lowest BCUT2D eigenvalue weighted by atomic mass is 10.1. The Morgan fingerprint density at radius 3 is 2.64 bits per heavy atom. The number of rotatable bonds is 4. The smallest absolute Gasteiger partial charge is 0.316 e. The number of hydrogen-bond acceptors (Lipinski definition) is 3. The molecule has 1 aromatic carbocycles. The van der Waals surface area contributed by atoms with E-state index in [0.29, 0.717) is 11.6 Å². The molecular formula is C17H23ClN4O3. The summed E-state index contributed by atoms with van der Waals surface area (Å²) in [6, 6.07) is 4.93. The number of primary amides is 1. The number of nitrogens with zero attached hydrogens (tertiary/aromatic N) is 3. The van der Waals surface area contributed by atoms with Gasteiger partial charge in [0.15, 0.2) is 0 Å². The zero-order valence-electron chi connectivity index (χ0n) is 14.7. The molecule has 0 saturated carbocycles. The first-order valence-corrected chi connectivity index (χ1v) is 8.47. The summed E-state index contributed by atoms with van der Waals surface area (Å²) in [7, 11) is 1.53. The van der Waals surface area contributed by atoms with E-state index in [1.54, 1.807) is 17.9 Å². The molecule has 2 rings (SSSR count). The summed E-state index contributed by atoms with van der Waals surface area (Å²) >= 11 is 6.04. The van der Waals surface area contributed by atoms with Gasteiger partial charge in [-0.05, 0) is 24.1 Å². The number of aryl methyl sites for hydroxylation is 1. The van der Waals surface area contributed by atoms with Crippen LogP contribution in [0.25, 0.3) is 0 Å². The van der Waals surface area contributed by atoms with E-state index < -0.39 is 12.2 Å². The number of piperazine rings is 1. The van der Waals surface area contributed by atoms with Gasteiger partial charge in [-0.3, -0.25) is 9.59 Å². The summed E-state index contributed by atoms with van der Waals surface area (Å²) in [6.07, 6.45) is -0.316. The third-order valence-electron chi connectivity index (χ3n) is 4.42. The maximum absolute atomic E-state index is 12.5. The van der Waals surface area contributed by atoms with Crippen molar-refractivity contribution in [2.45, 2.75) is 33.0 Å². The fraction of sp³-hybridized carbons (Fsp3) is 0.471. The number of likely N-dealkylation sites (N-methyl/N-ethyl adjacent to an activating group) is 1. The minimum absolute atomic E-state index is 0.0679. The van der Waals surface area contributed by atoms with Crippen molar-refractivity contribution in [3.63, 3.8) is 0 Å². The summed E-state index contributed by atoms with van der Waals surface area (Å²) in [4.78, 5) is 40.6. The van der Waals surface area contributed by atoms with Crippen molar-refractivity contribution in [1.82, 2.24) is 14.7 Å². The zero-order chi connectivity index (χ0) is 18.7. The first-order valence-electron chi connectivity index (χ1n) is 8.09. The van der Waals surface area contributed by atoms with Crippen molar-refractivity contribution in [2.24, 2.45) is 5.73 Å². The summed E-state index contributed by atoms with van der Waals surface area (Å²) in [5.74, 6) is -0.350. The van der Waals surface area contributed by atoms with Gasteiger partial charge in [0.1, 0.15) is 12.7 Å². The predicted molar refractivity (Wildman–Crippen MR) is 94.7 cm³/mol. The van der Waals surface area contributed by atoms with Gasteiger partial charge in [0.2, 0.25) is 11.8 Å². The first-order chi connectivity index (χ1) is 11.7. The fourth-order valence-corrected chi connectivity index (χ4v) is 2.98. The van der Waals surface area contributed by atoms with Crippen LogP contribution in [0.15, 0.2) is 18.2 Å². The summed E-state index contributed by atoms with van der Waals surface area (Å²) in [5, 5.41) is 0.666. The zero-order valence-corrected chi connectivity index (χ0v) is 15.4. The van der Waals surface area contributed by atoms with Crippen molar-refractivity contribution < 1.29 is 14.4 Å². The molecule has 2 N–H and O–H groups in total. The molecule has 0 aromatic heterocycles. The monoisotopic (exact) mass is 366 g/mol. The second kappa shape index (κ2) is 7.74. The Balaban J connectivity index is 2.22. The summed E-state index contributed by atoms with van der Waals surface area (Å²) in [6.45, 7) is 4.15. The van der Waals surface area contributed by atoms with Gasteiger partial charge in [-0.15, -0.1) is 0 Å². The van der Waals surface area contributed by atoms with Crippen LogP contribution in [0.1, 0.15) is 24.5 Å². The second-order valence-corrected chi connectivity index (χ2v) is 6.57. The molecule has 0 spiro atoms. The Kier molecular flexibility index (Phi) is 5.89. The van der Waals surface area contributed by atoms with Crippen molar-refractivity contribution in [1.29, 1.82) is 0 Å².